The number of hydrogen-bond acceptors (Lipinski definition) is 7. The Labute approximate surface area is 184 Å². The van der Waals surface area contributed by atoms with Crippen molar-refractivity contribution in [1.29, 1.82) is 5.26 Å². The maximum atomic E-state index is 13.1. The molecule has 1 aromatic carbocycles. The van der Waals surface area contributed by atoms with Crippen molar-refractivity contribution in [2.45, 2.75) is 32.7 Å². The first-order chi connectivity index (χ1) is 15.0. The molecule has 2 aromatic rings. The first-order valence-electron chi connectivity index (χ1n) is 11.3. The third-order valence-corrected chi connectivity index (χ3v) is 6.85. The van der Waals surface area contributed by atoms with Gasteiger partial charge in [-0.2, -0.15) is 5.26 Å². The fourth-order valence-electron chi connectivity index (χ4n) is 5.08. The molecule has 164 valence electrons. The fourth-order valence-corrected chi connectivity index (χ4v) is 5.08. The van der Waals surface area contributed by atoms with Gasteiger partial charge in [0.05, 0.1) is 17.3 Å². The van der Waals surface area contributed by atoms with E-state index in [1.807, 2.05) is 12.1 Å². The van der Waals surface area contributed by atoms with Crippen LogP contribution < -0.4 is 4.90 Å². The monoisotopic (exact) mass is 420 g/mol. The van der Waals surface area contributed by atoms with E-state index < -0.39 is 0 Å². The Hall–Kier alpha value is -2.56. The van der Waals surface area contributed by atoms with E-state index in [4.69, 9.17) is 0 Å². The average molecular weight is 421 g/mol. The first kappa shape index (κ1) is 21.7. The number of piperidine rings is 1. The zero-order valence-corrected chi connectivity index (χ0v) is 18.8. The second-order valence-corrected chi connectivity index (χ2v) is 9.30. The number of carbonyl (C=O) groups is 1. The highest BCUT2D eigenvalue weighted by Crippen LogP contribution is 2.33. The lowest BCUT2D eigenvalue weighted by Gasteiger charge is -2.39. The Balaban J connectivity index is 1.48. The van der Waals surface area contributed by atoms with Crippen molar-refractivity contribution in [3.8, 4) is 6.07 Å². The number of ketones is 1. The van der Waals surface area contributed by atoms with E-state index in [-0.39, 0.29) is 6.04 Å². The van der Waals surface area contributed by atoms with Crippen LogP contribution in [0.15, 0.2) is 24.5 Å². The third-order valence-electron chi connectivity index (χ3n) is 6.85. The van der Waals surface area contributed by atoms with Crippen molar-refractivity contribution in [3.05, 3.63) is 30.1 Å². The van der Waals surface area contributed by atoms with Crippen LogP contribution in [-0.2, 0) is 4.79 Å². The van der Waals surface area contributed by atoms with Crippen molar-refractivity contribution in [2.24, 2.45) is 11.8 Å². The smallest absolute Gasteiger partial charge is 0.150 e. The molecule has 2 aliphatic heterocycles. The molecule has 1 aromatic heterocycles. The molecular formula is C24H32N6O. The molecule has 2 saturated heterocycles. The molecule has 0 saturated carbocycles. The largest absolute Gasteiger partial charge is 0.369 e. The number of hydrogen-bond donors (Lipinski definition) is 0. The van der Waals surface area contributed by atoms with Crippen LogP contribution in [0.3, 0.4) is 0 Å². The van der Waals surface area contributed by atoms with Gasteiger partial charge in [-0.1, -0.05) is 6.92 Å². The number of piperazine rings is 1. The summed E-state index contributed by atoms with van der Waals surface area (Å²) >= 11 is 0. The molecule has 0 spiro atoms. The SMILES string of the molecule is C[C@H]1C[C@@H](CC(=O)[C@H](C)N2CCN(C)CC2)CN(c2ccc(C#N)c3nccnc23)C1. The molecule has 0 unspecified atom stereocenters. The van der Waals surface area contributed by atoms with Gasteiger partial charge < -0.3 is 9.80 Å². The minimum atomic E-state index is -0.0130. The van der Waals surface area contributed by atoms with Gasteiger partial charge in [-0.05, 0) is 44.4 Å². The van der Waals surface area contributed by atoms with E-state index in [0.717, 1.165) is 56.9 Å². The van der Waals surface area contributed by atoms with Crippen LogP contribution in [0.2, 0.25) is 0 Å². The van der Waals surface area contributed by atoms with Crippen molar-refractivity contribution in [1.82, 2.24) is 19.8 Å². The summed E-state index contributed by atoms with van der Waals surface area (Å²) in [6, 6.07) is 6.02. The molecule has 4 rings (SSSR count). The molecule has 7 nitrogen and oxygen atoms in total. The summed E-state index contributed by atoms with van der Waals surface area (Å²) < 4.78 is 0. The highest BCUT2D eigenvalue weighted by molar-refractivity contribution is 5.92. The van der Waals surface area contributed by atoms with Crippen molar-refractivity contribution < 1.29 is 4.79 Å². The average Bonchev–Trinajstić information content (AvgIpc) is 2.78. The number of aromatic nitrogens is 2. The van der Waals surface area contributed by atoms with Crippen LogP contribution in [0.5, 0.6) is 0 Å². The van der Waals surface area contributed by atoms with Gasteiger partial charge in [0.15, 0.2) is 0 Å². The number of Topliss-reactive ketones (excluding diaryl/α,β-unsaturated/α-hetero) is 1. The fraction of sp³-hybridized carbons (Fsp3) is 0.583. The Bertz CT molecular complexity index is 978. The predicted molar refractivity (Wildman–Crippen MR) is 122 cm³/mol. The molecule has 2 fully saturated rings. The molecule has 0 bridgehead atoms. The summed E-state index contributed by atoms with van der Waals surface area (Å²) in [5.41, 5.74) is 2.98. The van der Waals surface area contributed by atoms with Crippen LogP contribution in [0.25, 0.3) is 11.0 Å². The second-order valence-electron chi connectivity index (χ2n) is 9.30. The van der Waals surface area contributed by atoms with Crippen LogP contribution in [-0.4, -0.2) is 77.9 Å². The highest BCUT2D eigenvalue weighted by atomic mass is 16.1. The van der Waals surface area contributed by atoms with Gasteiger partial charge in [-0.25, -0.2) is 0 Å². The quantitative estimate of drug-likeness (QED) is 0.736. The van der Waals surface area contributed by atoms with Gasteiger partial charge >= 0.3 is 0 Å². The maximum absolute atomic E-state index is 13.1. The standard InChI is InChI=1S/C24H32N6O/c1-17-12-19(13-22(31)18(2)29-10-8-28(3)9-11-29)16-30(15-17)21-5-4-20(14-25)23-24(21)27-7-6-26-23/h4-7,17-19H,8-13,15-16H2,1-3H3/t17-,18-,19-/m0/s1. The molecule has 0 radical (unpaired) electrons. The zero-order chi connectivity index (χ0) is 22.0. The number of benzene rings is 1. The summed E-state index contributed by atoms with van der Waals surface area (Å²) in [5, 5.41) is 9.42. The lowest BCUT2D eigenvalue weighted by molar-refractivity contribution is -0.125. The van der Waals surface area contributed by atoms with E-state index in [1.54, 1.807) is 12.4 Å². The number of rotatable bonds is 5. The number of anilines is 1. The van der Waals surface area contributed by atoms with Gasteiger partial charge in [0.1, 0.15) is 22.9 Å². The molecule has 0 amide bonds. The summed E-state index contributed by atoms with van der Waals surface area (Å²) in [6.07, 6.45) is 5.00. The Morgan fingerprint density at radius 2 is 1.87 bits per heavy atom. The Kier molecular flexibility index (Phi) is 6.49. The van der Waals surface area contributed by atoms with E-state index in [0.29, 0.717) is 35.1 Å². The molecular weight excluding hydrogens is 388 g/mol. The Morgan fingerprint density at radius 1 is 1.16 bits per heavy atom. The molecule has 3 atom stereocenters. The van der Waals surface area contributed by atoms with Gasteiger partial charge in [-0.3, -0.25) is 19.7 Å². The minimum Gasteiger partial charge on any atom is -0.369 e. The zero-order valence-electron chi connectivity index (χ0n) is 18.8. The van der Waals surface area contributed by atoms with E-state index >= 15 is 0 Å². The highest BCUT2D eigenvalue weighted by Gasteiger charge is 2.31. The third kappa shape index (κ3) is 4.70. The molecule has 3 heterocycles. The lowest BCUT2D eigenvalue weighted by Crippen LogP contribution is -2.51. The van der Waals surface area contributed by atoms with Gasteiger partial charge in [0.25, 0.3) is 0 Å². The number of nitrogens with zero attached hydrogens (tertiary/aromatic N) is 6. The van der Waals surface area contributed by atoms with Crippen LogP contribution in [0.1, 0.15) is 32.3 Å². The summed E-state index contributed by atoms with van der Waals surface area (Å²) in [4.78, 5) is 29.0. The molecule has 7 heteroatoms. The number of likely N-dealkylation sites (N-methyl/N-ethyl adjacent to an activating group) is 1. The molecule has 31 heavy (non-hydrogen) atoms. The topological polar surface area (TPSA) is 76.4 Å². The maximum Gasteiger partial charge on any atom is 0.150 e. The van der Waals surface area contributed by atoms with Crippen LogP contribution in [0.4, 0.5) is 5.69 Å². The summed E-state index contributed by atoms with van der Waals surface area (Å²) in [7, 11) is 2.14. The number of carbonyl (C=O) groups excluding carboxylic acids is 1. The van der Waals surface area contributed by atoms with Gasteiger partial charge in [0, 0.05) is 58.1 Å². The van der Waals surface area contributed by atoms with E-state index in [9.17, 15) is 10.1 Å². The second kappa shape index (κ2) is 9.29. The van der Waals surface area contributed by atoms with Crippen LogP contribution in [0, 0.1) is 23.2 Å². The molecule has 0 aliphatic carbocycles. The van der Waals surface area contributed by atoms with Gasteiger partial charge in [-0.15, -0.1) is 0 Å². The number of fused-ring (bicyclic) bond motifs is 1. The minimum absolute atomic E-state index is 0.0130. The van der Waals surface area contributed by atoms with Crippen molar-refractivity contribution >= 4 is 22.5 Å². The van der Waals surface area contributed by atoms with E-state index in [1.165, 1.54) is 0 Å². The van der Waals surface area contributed by atoms with Gasteiger partial charge in [0.2, 0.25) is 0 Å². The number of nitriles is 1. The lowest BCUT2D eigenvalue weighted by atomic mass is 9.85. The predicted octanol–water partition coefficient (Wildman–Crippen LogP) is 2.56. The van der Waals surface area contributed by atoms with Crippen LogP contribution >= 0.6 is 0 Å². The van der Waals surface area contributed by atoms with Crippen molar-refractivity contribution in [3.63, 3.8) is 0 Å². The first-order valence-corrected chi connectivity index (χ1v) is 11.3. The molecule has 0 N–H and O–H groups in total. The summed E-state index contributed by atoms with van der Waals surface area (Å²) in [5.74, 6) is 1.18. The Morgan fingerprint density at radius 3 is 2.58 bits per heavy atom. The van der Waals surface area contributed by atoms with E-state index in [2.05, 4.69) is 51.6 Å². The summed E-state index contributed by atoms with van der Waals surface area (Å²) in [6.45, 7) is 10.1. The van der Waals surface area contributed by atoms with Crippen molar-refractivity contribution in [2.75, 3.05) is 51.2 Å². The normalized spacial score (nSPS) is 24.1. The molecule has 2 aliphatic rings.